The van der Waals surface area contributed by atoms with Crippen molar-refractivity contribution >= 4 is 16.9 Å². The lowest BCUT2D eigenvalue weighted by Gasteiger charge is -2.37. The lowest BCUT2D eigenvalue weighted by Crippen LogP contribution is -2.50. The molecule has 35 heavy (non-hydrogen) atoms. The van der Waals surface area contributed by atoms with Gasteiger partial charge in [0.05, 0.1) is 34.3 Å². The number of carbonyl (C=O) groups excluding carboxylic acids is 1. The highest BCUT2D eigenvalue weighted by Gasteiger charge is 2.22. The average Bonchev–Trinajstić information content (AvgIpc) is 3.37. The van der Waals surface area contributed by atoms with E-state index >= 15 is 0 Å². The van der Waals surface area contributed by atoms with Gasteiger partial charge in [0.2, 0.25) is 5.91 Å². The number of aryl methyl sites for hydroxylation is 2. The first-order chi connectivity index (χ1) is 17.0. The fourth-order valence-electron chi connectivity index (χ4n) is 4.59. The Kier molecular flexibility index (Phi) is 6.55. The van der Waals surface area contributed by atoms with Gasteiger partial charge >= 0.3 is 0 Å². The van der Waals surface area contributed by atoms with Gasteiger partial charge in [-0.05, 0) is 63.1 Å². The summed E-state index contributed by atoms with van der Waals surface area (Å²) >= 11 is 0. The molecule has 0 saturated carbocycles. The molecular weight excluding hydrogens is 438 g/mol. The predicted molar refractivity (Wildman–Crippen MR) is 137 cm³/mol. The molecule has 1 fully saturated rings. The minimum Gasteiger partial charge on any atom is -0.340 e. The molecule has 8 heteroatoms. The van der Waals surface area contributed by atoms with Gasteiger partial charge in [0.1, 0.15) is 0 Å². The second-order valence-electron chi connectivity index (χ2n) is 9.41. The molecule has 0 unspecified atom stereocenters. The van der Waals surface area contributed by atoms with Crippen molar-refractivity contribution in [3.63, 3.8) is 0 Å². The van der Waals surface area contributed by atoms with Gasteiger partial charge in [0.25, 0.3) is 0 Å². The van der Waals surface area contributed by atoms with Crippen molar-refractivity contribution in [2.45, 2.75) is 39.7 Å². The fraction of sp³-hybridized carbons (Fsp3) is 0.370. The van der Waals surface area contributed by atoms with Gasteiger partial charge in [-0.1, -0.05) is 6.07 Å². The number of aromatic nitrogens is 5. The molecule has 0 aliphatic carbocycles. The number of aromatic amines is 1. The van der Waals surface area contributed by atoms with Crippen molar-refractivity contribution in [1.82, 2.24) is 34.9 Å². The Labute approximate surface area is 205 Å². The summed E-state index contributed by atoms with van der Waals surface area (Å²) in [6.45, 7) is 9.88. The van der Waals surface area contributed by atoms with Gasteiger partial charge in [0, 0.05) is 56.1 Å². The zero-order valence-corrected chi connectivity index (χ0v) is 20.5. The highest BCUT2D eigenvalue weighted by molar-refractivity contribution is 5.83. The number of fused-ring (bicyclic) bond motifs is 1. The van der Waals surface area contributed by atoms with Crippen molar-refractivity contribution in [3.8, 4) is 22.6 Å². The number of nitrogens with zero attached hydrogens (tertiary/aromatic N) is 6. The van der Waals surface area contributed by atoms with Crippen LogP contribution in [0.1, 0.15) is 31.5 Å². The van der Waals surface area contributed by atoms with Gasteiger partial charge in [-0.25, -0.2) is 4.98 Å². The van der Waals surface area contributed by atoms with Crippen LogP contribution in [0.15, 0.2) is 48.8 Å². The Hall–Kier alpha value is -3.65. The van der Waals surface area contributed by atoms with Gasteiger partial charge < -0.3 is 4.90 Å². The van der Waals surface area contributed by atoms with Crippen LogP contribution < -0.4 is 0 Å². The topological polar surface area (TPSA) is 90.9 Å². The smallest absolute Gasteiger partial charge is 0.222 e. The van der Waals surface area contributed by atoms with Crippen molar-refractivity contribution in [1.29, 1.82) is 0 Å². The van der Waals surface area contributed by atoms with Crippen molar-refractivity contribution in [3.05, 3.63) is 60.0 Å². The second kappa shape index (κ2) is 9.92. The summed E-state index contributed by atoms with van der Waals surface area (Å²) in [7, 11) is 0. The molecule has 1 amide bonds. The average molecular weight is 470 g/mol. The highest BCUT2D eigenvalue weighted by atomic mass is 16.2. The van der Waals surface area contributed by atoms with Gasteiger partial charge in [0.15, 0.2) is 0 Å². The van der Waals surface area contributed by atoms with Crippen molar-refractivity contribution in [2.24, 2.45) is 0 Å². The number of hydrogen-bond donors (Lipinski definition) is 1. The Morgan fingerprint density at radius 2 is 1.83 bits per heavy atom. The van der Waals surface area contributed by atoms with Gasteiger partial charge in [-0.15, -0.1) is 0 Å². The molecule has 4 aromatic heterocycles. The molecule has 1 N–H and O–H groups in total. The summed E-state index contributed by atoms with van der Waals surface area (Å²) in [6.07, 6.45) is 4.78. The molecule has 5 heterocycles. The standard InChI is InChI=1S/C27H31N7O/c1-18(2)33-11-13-34(14-12-33)26(35)10-7-20-15-25-23(28-16-20)9-8-22(31-25)21-17-29-32-27(21)24-6-4-5-19(3)30-24/h4-6,8-9,15-18H,7,10-14H2,1-3H3,(H,29,32). The summed E-state index contributed by atoms with van der Waals surface area (Å²) in [5.74, 6) is 0.212. The number of rotatable bonds is 6. The largest absolute Gasteiger partial charge is 0.340 e. The highest BCUT2D eigenvalue weighted by Crippen LogP contribution is 2.29. The van der Waals surface area contributed by atoms with Crippen LogP contribution in [0.3, 0.4) is 0 Å². The van der Waals surface area contributed by atoms with E-state index in [1.54, 1.807) is 6.20 Å². The zero-order chi connectivity index (χ0) is 24.4. The number of pyridine rings is 3. The SMILES string of the molecule is Cc1cccc(-c2[nH]ncc2-c2ccc3ncc(CCC(=O)N4CCN(C(C)C)CC4)cc3n2)n1. The number of nitrogens with one attached hydrogen (secondary N) is 1. The molecule has 8 nitrogen and oxygen atoms in total. The first-order valence-electron chi connectivity index (χ1n) is 12.2. The quantitative estimate of drug-likeness (QED) is 0.461. The number of amides is 1. The first kappa shape index (κ1) is 23.1. The summed E-state index contributed by atoms with van der Waals surface area (Å²) in [5, 5.41) is 7.31. The minimum atomic E-state index is 0.212. The maximum absolute atomic E-state index is 12.8. The first-order valence-corrected chi connectivity index (χ1v) is 12.2. The number of piperazine rings is 1. The Balaban J connectivity index is 1.31. The van der Waals surface area contributed by atoms with Crippen LogP contribution in [0.5, 0.6) is 0 Å². The monoisotopic (exact) mass is 469 g/mol. The third-order valence-electron chi connectivity index (χ3n) is 6.68. The molecular formula is C27H31N7O. The van der Waals surface area contributed by atoms with Crippen LogP contribution in [0.25, 0.3) is 33.7 Å². The van der Waals surface area contributed by atoms with E-state index in [0.29, 0.717) is 18.9 Å². The number of H-pyrrole nitrogens is 1. The summed E-state index contributed by atoms with van der Waals surface area (Å²) in [5.41, 5.74) is 6.97. The molecule has 1 aliphatic heterocycles. The minimum absolute atomic E-state index is 0.212. The predicted octanol–water partition coefficient (Wildman–Crippen LogP) is 3.88. The number of carbonyl (C=O) groups is 1. The molecule has 0 spiro atoms. The van der Waals surface area contributed by atoms with Gasteiger partial charge in [-0.2, -0.15) is 5.10 Å². The van der Waals surface area contributed by atoms with Crippen LogP contribution in [0.4, 0.5) is 0 Å². The van der Waals surface area contributed by atoms with E-state index in [0.717, 1.165) is 71.1 Å². The van der Waals surface area contributed by atoms with Gasteiger partial charge in [-0.3, -0.25) is 24.8 Å². The van der Waals surface area contributed by atoms with Crippen molar-refractivity contribution in [2.75, 3.05) is 26.2 Å². The molecule has 4 aromatic rings. The normalized spacial score (nSPS) is 14.7. The van der Waals surface area contributed by atoms with E-state index in [1.807, 2.05) is 54.4 Å². The third kappa shape index (κ3) is 5.07. The molecule has 0 atom stereocenters. The maximum atomic E-state index is 12.8. The lowest BCUT2D eigenvalue weighted by atomic mass is 10.1. The van der Waals surface area contributed by atoms with E-state index in [9.17, 15) is 4.79 Å². The van der Waals surface area contributed by atoms with Crippen LogP contribution in [0.2, 0.25) is 0 Å². The molecule has 0 radical (unpaired) electrons. The van der Waals surface area contributed by atoms with E-state index < -0.39 is 0 Å². The Morgan fingerprint density at radius 3 is 2.60 bits per heavy atom. The van der Waals surface area contributed by atoms with Crippen LogP contribution >= 0.6 is 0 Å². The van der Waals surface area contributed by atoms with E-state index in [4.69, 9.17) is 4.98 Å². The van der Waals surface area contributed by atoms with E-state index in [-0.39, 0.29) is 5.91 Å². The Bertz CT molecular complexity index is 1340. The maximum Gasteiger partial charge on any atom is 0.222 e. The number of hydrogen-bond acceptors (Lipinski definition) is 6. The molecule has 0 bridgehead atoms. The van der Waals surface area contributed by atoms with Crippen LogP contribution in [-0.2, 0) is 11.2 Å². The summed E-state index contributed by atoms with van der Waals surface area (Å²) in [6, 6.07) is 12.4. The molecule has 0 aromatic carbocycles. The van der Waals surface area contributed by atoms with E-state index in [1.165, 1.54) is 0 Å². The molecule has 1 aliphatic rings. The van der Waals surface area contributed by atoms with Crippen LogP contribution in [0, 0.1) is 6.92 Å². The Morgan fingerprint density at radius 1 is 1.00 bits per heavy atom. The molecule has 180 valence electrons. The van der Waals surface area contributed by atoms with Crippen LogP contribution in [-0.4, -0.2) is 73.1 Å². The molecule has 1 saturated heterocycles. The second-order valence-corrected chi connectivity index (χ2v) is 9.41. The third-order valence-corrected chi connectivity index (χ3v) is 6.68. The van der Waals surface area contributed by atoms with E-state index in [2.05, 4.69) is 38.9 Å². The lowest BCUT2D eigenvalue weighted by molar-refractivity contribution is -0.133. The summed E-state index contributed by atoms with van der Waals surface area (Å²) < 4.78 is 0. The zero-order valence-electron chi connectivity index (χ0n) is 20.5. The summed E-state index contributed by atoms with van der Waals surface area (Å²) in [4.78, 5) is 31.3. The fourth-order valence-corrected chi connectivity index (χ4v) is 4.59. The van der Waals surface area contributed by atoms with Crippen molar-refractivity contribution < 1.29 is 4.79 Å². The molecule has 5 rings (SSSR count).